The second kappa shape index (κ2) is 10.2. The SMILES string of the molecule is CO[C@@H]([C@@H]1CCCN1)[C@@H](C)C(=O)NC(Cc1ccccc1F)C(=O)OC(C)(C)C. The van der Waals surface area contributed by atoms with Gasteiger partial charge in [0.2, 0.25) is 5.91 Å². The van der Waals surface area contributed by atoms with Crippen molar-refractivity contribution in [2.75, 3.05) is 13.7 Å². The van der Waals surface area contributed by atoms with Crippen LogP contribution in [0.1, 0.15) is 46.1 Å². The Labute approximate surface area is 172 Å². The number of benzene rings is 1. The van der Waals surface area contributed by atoms with Gasteiger partial charge in [-0.25, -0.2) is 9.18 Å². The van der Waals surface area contributed by atoms with Crippen LogP contribution in [0.5, 0.6) is 0 Å². The molecule has 4 atom stereocenters. The Morgan fingerprint density at radius 1 is 1.31 bits per heavy atom. The quantitative estimate of drug-likeness (QED) is 0.647. The molecule has 6 nitrogen and oxygen atoms in total. The van der Waals surface area contributed by atoms with Gasteiger partial charge < -0.3 is 20.1 Å². The second-order valence-corrected chi connectivity index (χ2v) is 8.58. The van der Waals surface area contributed by atoms with Crippen LogP contribution in [0.4, 0.5) is 4.39 Å². The Kier molecular flexibility index (Phi) is 8.16. The van der Waals surface area contributed by atoms with E-state index in [1.165, 1.54) is 6.07 Å². The van der Waals surface area contributed by atoms with Crippen molar-refractivity contribution in [1.29, 1.82) is 0 Å². The van der Waals surface area contributed by atoms with E-state index in [1.807, 2.05) is 0 Å². The monoisotopic (exact) mass is 408 g/mol. The molecule has 1 aromatic rings. The number of hydrogen-bond donors (Lipinski definition) is 2. The van der Waals surface area contributed by atoms with Crippen molar-refractivity contribution in [3.05, 3.63) is 35.6 Å². The summed E-state index contributed by atoms with van der Waals surface area (Å²) in [5, 5.41) is 6.12. The molecule has 2 rings (SSSR count). The molecular formula is C22H33FN2O4. The van der Waals surface area contributed by atoms with Crippen molar-refractivity contribution in [2.45, 2.75) is 70.7 Å². The molecule has 0 bridgehead atoms. The third-order valence-corrected chi connectivity index (χ3v) is 5.06. The minimum absolute atomic E-state index is 0.0133. The molecule has 0 aliphatic carbocycles. The Morgan fingerprint density at radius 3 is 2.55 bits per heavy atom. The Hall–Kier alpha value is -1.99. The number of amides is 1. The van der Waals surface area contributed by atoms with Crippen LogP contribution in [0.2, 0.25) is 0 Å². The smallest absolute Gasteiger partial charge is 0.329 e. The maximum absolute atomic E-state index is 14.1. The number of rotatable bonds is 8. The summed E-state index contributed by atoms with van der Waals surface area (Å²) in [4.78, 5) is 25.7. The topological polar surface area (TPSA) is 76.7 Å². The summed E-state index contributed by atoms with van der Waals surface area (Å²) >= 11 is 0. The predicted molar refractivity (Wildman–Crippen MR) is 109 cm³/mol. The summed E-state index contributed by atoms with van der Waals surface area (Å²) in [7, 11) is 1.58. The number of ether oxygens (including phenoxy) is 2. The fourth-order valence-corrected chi connectivity index (χ4v) is 3.61. The summed E-state index contributed by atoms with van der Waals surface area (Å²) in [5.41, 5.74) is -0.374. The van der Waals surface area contributed by atoms with Crippen molar-refractivity contribution in [2.24, 2.45) is 5.92 Å². The number of nitrogens with one attached hydrogen (secondary N) is 2. The molecule has 1 aliphatic heterocycles. The first-order chi connectivity index (χ1) is 13.6. The number of hydrogen-bond acceptors (Lipinski definition) is 5. The average molecular weight is 409 g/mol. The first-order valence-corrected chi connectivity index (χ1v) is 10.1. The molecule has 1 heterocycles. The summed E-state index contributed by atoms with van der Waals surface area (Å²) < 4.78 is 25.2. The molecule has 1 unspecified atom stereocenters. The zero-order valence-electron chi connectivity index (χ0n) is 18.0. The van der Waals surface area contributed by atoms with Crippen LogP contribution in [-0.2, 0) is 25.5 Å². The lowest BCUT2D eigenvalue weighted by atomic mass is 9.95. The standard InChI is InChI=1S/C22H33FN2O4/c1-14(19(28-5)17-11-8-12-24-17)20(26)25-18(21(27)29-22(2,3)4)13-15-9-6-7-10-16(15)23/h6-7,9-10,14,17-19,24H,8,11-13H2,1-5H3,(H,25,26)/t14-,17+,18?,19-/m1/s1. The molecule has 0 spiro atoms. The van der Waals surface area contributed by atoms with Gasteiger partial charge in [0.05, 0.1) is 12.0 Å². The zero-order valence-corrected chi connectivity index (χ0v) is 18.0. The van der Waals surface area contributed by atoms with Crippen LogP contribution < -0.4 is 10.6 Å². The highest BCUT2D eigenvalue weighted by atomic mass is 19.1. The number of carbonyl (C=O) groups is 2. The highest BCUT2D eigenvalue weighted by Crippen LogP contribution is 2.20. The Morgan fingerprint density at radius 2 is 2.00 bits per heavy atom. The minimum Gasteiger partial charge on any atom is -0.458 e. The van der Waals surface area contributed by atoms with Gasteiger partial charge in [0.25, 0.3) is 0 Å². The highest BCUT2D eigenvalue weighted by Gasteiger charge is 2.35. The number of carbonyl (C=O) groups excluding carboxylic acids is 2. The van der Waals surface area contributed by atoms with Crippen molar-refractivity contribution < 1.29 is 23.5 Å². The maximum atomic E-state index is 14.1. The van der Waals surface area contributed by atoms with E-state index in [1.54, 1.807) is 53.0 Å². The van der Waals surface area contributed by atoms with Crippen molar-refractivity contribution in [1.82, 2.24) is 10.6 Å². The number of esters is 1. The molecule has 2 N–H and O–H groups in total. The van der Waals surface area contributed by atoms with Crippen LogP contribution in [0, 0.1) is 11.7 Å². The molecule has 1 aromatic carbocycles. The first-order valence-electron chi connectivity index (χ1n) is 10.1. The van der Waals surface area contributed by atoms with E-state index in [0.717, 1.165) is 19.4 Å². The van der Waals surface area contributed by atoms with E-state index in [-0.39, 0.29) is 24.5 Å². The fourth-order valence-electron chi connectivity index (χ4n) is 3.61. The summed E-state index contributed by atoms with van der Waals surface area (Å²) in [6.45, 7) is 7.93. The molecule has 1 saturated heterocycles. The van der Waals surface area contributed by atoms with E-state index in [0.29, 0.717) is 5.56 Å². The summed E-state index contributed by atoms with van der Waals surface area (Å²) in [6.07, 6.45) is 1.66. The lowest BCUT2D eigenvalue weighted by molar-refractivity contribution is -0.159. The highest BCUT2D eigenvalue weighted by molar-refractivity contribution is 5.86. The van der Waals surface area contributed by atoms with Gasteiger partial charge in [0.1, 0.15) is 17.5 Å². The molecule has 1 aliphatic rings. The number of methoxy groups -OCH3 is 1. The van der Waals surface area contributed by atoms with E-state index in [9.17, 15) is 14.0 Å². The largest absolute Gasteiger partial charge is 0.458 e. The van der Waals surface area contributed by atoms with Gasteiger partial charge >= 0.3 is 5.97 Å². The molecule has 0 aromatic heterocycles. The van der Waals surface area contributed by atoms with Crippen LogP contribution in [-0.4, -0.2) is 49.3 Å². The summed E-state index contributed by atoms with van der Waals surface area (Å²) in [6, 6.07) is 5.31. The first kappa shape index (κ1) is 23.3. The van der Waals surface area contributed by atoms with Crippen molar-refractivity contribution in [3.63, 3.8) is 0 Å². The lowest BCUT2D eigenvalue weighted by Gasteiger charge is -2.30. The average Bonchev–Trinajstić information content (AvgIpc) is 3.16. The van der Waals surface area contributed by atoms with Crippen LogP contribution >= 0.6 is 0 Å². The van der Waals surface area contributed by atoms with Gasteiger partial charge in [-0.1, -0.05) is 25.1 Å². The van der Waals surface area contributed by atoms with Crippen molar-refractivity contribution in [3.8, 4) is 0 Å². The van der Waals surface area contributed by atoms with E-state index in [2.05, 4.69) is 10.6 Å². The Bertz CT molecular complexity index is 698. The van der Waals surface area contributed by atoms with Crippen LogP contribution in [0.3, 0.4) is 0 Å². The molecule has 0 saturated carbocycles. The molecule has 1 fully saturated rings. The van der Waals surface area contributed by atoms with Gasteiger partial charge in [0, 0.05) is 19.6 Å². The molecule has 29 heavy (non-hydrogen) atoms. The van der Waals surface area contributed by atoms with Crippen LogP contribution in [0.25, 0.3) is 0 Å². The third-order valence-electron chi connectivity index (χ3n) is 5.06. The van der Waals surface area contributed by atoms with Gasteiger partial charge in [0.15, 0.2) is 0 Å². The van der Waals surface area contributed by atoms with E-state index >= 15 is 0 Å². The summed E-state index contributed by atoms with van der Waals surface area (Å²) in [5.74, 6) is -1.82. The second-order valence-electron chi connectivity index (χ2n) is 8.58. The van der Waals surface area contributed by atoms with Crippen molar-refractivity contribution >= 4 is 11.9 Å². The fraction of sp³-hybridized carbons (Fsp3) is 0.636. The zero-order chi connectivity index (χ0) is 21.6. The Balaban J connectivity index is 2.15. The third kappa shape index (κ3) is 6.78. The minimum atomic E-state index is -0.991. The van der Waals surface area contributed by atoms with E-state index < -0.39 is 29.3 Å². The molecule has 7 heteroatoms. The maximum Gasteiger partial charge on any atom is 0.329 e. The molecule has 0 radical (unpaired) electrons. The van der Waals surface area contributed by atoms with Crippen LogP contribution in [0.15, 0.2) is 24.3 Å². The van der Waals surface area contributed by atoms with Gasteiger partial charge in [-0.15, -0.1) is 0 Å². The van der Waals surface area contributed by atoms with Gasteiger partial charge in [-0.3, -0.25) is 4.79 Å². The number of halogens is 1. The van der Waals surface area contributed by atoms with Gasteiger partial charge in [-0.05, 0) is 51.8 Å². The van der Waals surface area contributed by atoms with E-state index in [4.69, 9.17) is 9.47 Å². The molecular weight excluding hydrogens is 375 g/mol. The molecule has 162 valence electrons. The normalized spacial score (nSPS) is 20.0. The predicted octanol–water partition coefficient (Wildman–Crippen LogP) is 2.60. The van der Waals surface area contributed by atoms with Gasteiger partial charge in [-0.2, -0.15) is 0 Å². The lowest BCUT2D eigenvalue weighted by Crippen LogP contribution is -2.51. The molecule has 1 amide bonds.